The first-order valence-electron chi connectivity index (χ1n) is 5.15. The quantitative estimate of drug-likeness (QED) is 0.581. The van der Waals surface area contributed by atoms with Crippen LogP contribution in [0.3, 0.4) is 0 Å². The zero-order valence-electron chi connectivity index (χ0n) is 9.62. The SMILES string of the molecule is COCCCNc1cc(C(N)=S)cc(C)n1. The largest absolute Gasteiger partial charge is 0.389 e. The van der Waals surface area contributed by atoms with Crippen molar-refractivity contribution in [2.45, 2.75) is 13.3 Å². The van der Waals surface area contributed by atoms with Crippen LogP contribution in [0, 0.1) is 6.92 Å². The number of nitrogens with one attached hydrogen (secondary N) is 1. The van der Waals surface area contributed by atoms with E-state index < -0.39 is 0 Å². The molecule has 0 spiro atoms. The van der Waals surface area contributed by atoms with Crippen LogP contribution in [0.4, 0.5) is 5.82 Å². The van der Waals surface area contributed by atoms with Gasteiger partial charge in [0.05, 0.1) is 0 Å². The highest BCUT2D eigenvalue weighted by atomic mass is 32.1. The Hall–Kier alpha value is -1.20. The van der Waals surface area contributed by atoms with Gasteiger partial charge in [-0.3, -0.25) is 0 Å². The molecule has 1 aromatic heterocycles. The number of hydrogen-bond donors (Lipinski definition) is 2. The number of ether oxygens (including phenoxy) is 1. The third kappa shape index (κ3) is 4.12. The van der Waals surface area contributed by atoms with Gasteiger partial charge >= 0.3 is 0 Å². The highest BCUT2D eigenvalue weighted by Crippen LogP contribution is 2.10. The number of methoxy groups -OCH3 is 1. The van der Waals surface area contributed by atoms with E-state index in [0.29, 0.717) is 4.99 Å². The van der Waals surface area contributed by atoms with Gasteiger partial charge in [-0.05, 0) is 25.5 Å². The van der Waals surface area contributed by atoms with Crippen LogP contribution in [0.25, 0.3) is 0 Å². The molecule has 1 heterocycles. The fourth-order valence-electron chi connectivity index (χ4n) is 1.33. The van der Waals surface area contributed by atoms with Gasteiger partial charge in [-0.15, -0.1) is 0 Å². The van der Waals surface area contributed by atoms with E-state index in [1.54, 1.807) is 7.11 Å². The van der Waals surface area contributed by atoms with Crippen molar-refractivity contribution in [3.8, 4) is 0 Å². The van der Waals surface area contributed by atoms with Crippen LogP contribution in [0.1, 0.15) is 17.7 Å². The molecular formula is C11H17N3OS. The molecule has 0 atom stereocenters. The third-order valence-electron chi connectivity index (χ3n) is 2.07. The van der Waals surface area contributed by atoms with Gasteiger partial charge in [-0.2, -0.15) is 0 Å². The second-order valence-electron chi connectivity index (χ2n) is 3.52. The normalized spacial score (nSPS) is 10.1. The lowest BCUT2D eigenvalue weighted by molar-refractivity contribution is 0.198. The molecule has 0 aliphatic heterocycles. The van der Waals surface area contributed by atoms with Gasteiger partial charge < -0.3 is 15.8 Å². The van der Waals surface area contributed by atoms with E-state index in [1.807, 2.05) is 19.1 Å². The molecule has 5 heteroatoms. The maximum atomic E-state index is 5.58. The molecule has 0 radical (unpaired) electrons. The Bertz CT molecular complexity index is 368. The number of nitrogens with two attached hydrogens (primary N) is 1. The highest BCUT2D eigenvalue weighted by Gasteiger charge is 2.01. The Morgan fingerprint density at radius 1 is 1.56 bits per heavy atom. The summed E-state index contributed by atoms with van der Waals surface area (Å²) in [7, 11) is 1.69. The summed E-state index contributed by atoms with van der Waals surface area (Å²) in [6.07, 6.45) is 0.939. The fraction of sp³-hybridized carbons (Fsp3) is 0.455. The topological polar surface area (TPSA) is 60.2 Å². The number of anilines is 1. The zero-order chi connectivity index (χ0) is 12.0. The van der Waals surface area contributed by atoms with Crippen LogP contribution in [0.15, 0.2) is 12.1 Å². The molecule has 1 aromatic rings. The van der Waals surface area contributed by atoms with Crippen molar-refractivity contribution in [2.24, 2.45) is 5.73 Å². The Kier molecular flexibility index (Phi) is 5.14. The summed E-state index contributed by atoms with van der Waals surface area (Å²) >= 11 is 4.94. The number of aryl methyl sites for hydroxylation is 1. The molecule has 0 saturated carbocycles. The van der Waals surface area contributed by atoms with E-state index in [9.17, 15) is 0 Å². The van der Waals surface area contributed by atoms with Gasteiger partial charge in [0, 0.05) is 31.5 Å². The molecule has 0 aromatic carbocycles. The Morgan fingerprint density at radius 2 is 2.31 bits per heavy atom. The van der Waals surface area contributed by atoms with Crippen molar-refractivity contribution in [3.05, 3.63) is 23.4 Å². The molecule has 0 fully saturated rings. The summed E-state index contributed by atoms with van der Waals surface area (Å²) in [4.78, 5) is 4.74. The van der Waals surface area contributed by atoms with E-state index in [4.69, 9.17) is 22.7 Å². The predicted octanol–water partition coefficient (Wildman–Crippen LogP) is 1.47. The van der Waals surface area contributed by atoms with Crippen LogP contribution in [-0.2, 0) is 4.74 Å². The van der Waals surface area contributed by atoms with E-state index in [1.165, 1.54) is 0 Å². The average molecular weight is 239 g/mol. The second-order valence-corrected chi connectivity index (χ2v) is 3.96. The Labute approximate surface area is 101 Å². The number of thiocarbonyl (C=S) groups is 1. The molecule has 88 valence electrons. The van der Waals surface area contributed by atoms with Gasteiger partial charge in [0.25, 0.3) is 0 Å². The van der Waals surface area contributed by atoms with Gasteiger partial charge in [0.15, 0.2) is 0 Å². The van der Waals surface area contributed by atoms with E-state index in [2.05, 4.69) is 10.3 Å². The lowest BCUT2D eigenvalue weighted by atomic mass is 10.2. The minimum atomic E-state index is 0.394. The molecule has 0 saturated heterocycles. The predicted molar refractivity (Wildman–Crippen MR) is 69.8 cm³/mol. The van der Waals surface area contributed by atoms with E-state index in [-0.39, 0.29) is 0 Å². The molecular weight excluding hydrogens is 222 g/mol. The van der Waals surface area contributed by atoms with E-state index >= 15 is 0 Å². The van der Waals surface area contributed by atoms with Crippen molar-refractivity contribution in [1.29, 1.82) is 0 Å². The number of hydrogen-bond acceptors (Lipinski definition) is 4. The second kappa shape index (κ2) is 6.40. The van der Waals surface area contributed by atoms with Gasteiger partial charge in [-0.25, -0.2) is 4.98 Å². The smallest absolute Gasteiger partial charge is 0.126 e. The molecule has 16 heavy (non-hydrogen) atoms. The van der Waals surface area contributed by atoms with E-state index in [0.717, 1.165) is 36.6 Å². The molecule has 0 aliphatic rings. The number of aromatic nitrogens is 1. The monoisotopic (exact) mass is 239 g/mol. The lowest BCUT2D eigenvalue weighted by Crippen LogP contribution is -2.12. The van der Waals surface area contributed by atoms with Crippen LogP contribution in [0.5, 0.6) is 0 Å². The summed E-state index contributed by atoms with van der Waals surface area (Å²) in [6, 6.07) is 3.74. The molecule has 0 unspecified atom stereocenters. The van der Waals surface area contributed by atoms with Crippen LogP contribution in [0.2, 0.25) is 0 Å². The molecule has 3 N–H and O–H groups in total. The maximum Gasteiger partial charge on any atom is 0.126 e. The van der Waals surface area contributed by atoms with Gasteiger partial charge in [-0.1, -0.05) is 12.2 Å². The first-order chi connectivity index (χ1) is 7.63. The number of rotatable bonds is 6. The highest BCUT2D eigenvalue weighted by molar-refractivity contribution is 7.80. The molecule has 1 rings (SSSR count). The third-order valence-corrected chi connectivity index (χ3v) is 2.30. The lowest BCUT2D eigenvalue weighted by Gasteiger charge is -2.08. The summed E-state index contributed by atoms with van der Waals surface area (Å²) in [5.41, 5.74) is 7.33. The van der Waals surface area contributed by atoms with Crippen molar-refractivity contribution >= 4 is 23.0 Å². The molecule has 0 aliphatic carbocycles. The average Bonchev–Trinajstić information content (AvgIpc) is 2.23. The van der Waals surface area contributed by atoms with Gasteiger partial charge in [0.1, 0.15) is 10.8 Å². The molecule has 0 amide bonds. The summed E-state index contributed by atoms with van der Waals surface area (Å²) in [5.74, 6) is 0.805. The van der Waals surface area contributed by atoms with Crippen molar-refractivity contribution in [1.82, 2.24) is 4.98 Å². The Morgan fingerprint density at radius 3 is 2.94 bits per heavy atom. The maximum absolute atomic E-state index is 5.58. The fourth-order valence-corrected chi connectivity index (χ4v) is 1.45. The Balaban J connectivity index is 2.62. The van der Waals surface area contributed by atoms with Crippen LogP contribution in [-0.4, -0.2) is 30.2 Å². The number of pyridine rings is 1. The molecule has 4 nitrogen and oxygen atoms in total. The van der Waals surface area contributed by atoms with Crippen molar-refractivity contribution < 1.29 is 4.74 Å². The minimum absolute atomic E-state index is 0.394. The van der Waals surface area contributed by atoms with Gasteiger partial charge in [0.2, 0.25) is 0 Å². The number of nitrogens with zero attached hydrogens (tertiary/aromatic N) is 1. The summed E-state index contributed by atoms with van der Waals surface area (Å²) in [6.45, 7) is 3.48. The molecule has 0 bridgehead atoms. The van der Waals surface area contributed by atoms with Crippen molar-refractivity contribution in [2.75, 3.05) is 25.6 Å². The minimum Gasteiger partial charge on any atom is -0.389 e. The van der Waals surface area contributed by atoms with Crippen LogP contribution >= 0.6 is 12.2 Å². The van der Waals surface area contributed by atoms with Crippen LogP contribution < -0.4 is 11.1 Å². The first kappa shape index (κ1) is 12.9. The first-order valence-corrected chi connectivity index (χ1v) is 5.55. The standard InChI is InChI=1S/C11H17N3OS/c1-8-6-9(11(12)16)7-10(14-8)13-4-3-5-15-2/h6-7H,3-5H2,1-2H3,(H2,12,16)(H,13,14). The summed E-state index contributed by atoms with van der Waals surface area (Å²) < 4.78 is 4.96. The van der Waals surface area contributed by atoms with Crippen molar-refractivity contribution in [3.63, 3.8) is 0 Å². The summed E-state index contributed by atoms with van der Waals surface area (Å²) in [5, 5.41) is 3.21. The zero-order valence-corrected chi connectivity index (χ0v) is 10.4.